The molecule has 27 heavy (non-hydrogen) atoms. The van der Waals surface area contributed by atoms with Gasteiger partial charge in [0.2, 0.25) is 0 Å². The van der Waals surface area contributed by atoms with Crippen LogP contribution in [0.1, 0.15) is 31.3 Å². The van der Waals surface area contributed by atoms with Crippen LogP contribution in [0.4, 0.5) is 0 Å². The van der Waals surface area contributed by atoms with E-state index in [-0.39, 0.29) is 6.10 Å². The van der Waals surface area contributed by atoms with Gasteiger partial charge >= 0.3 is 0 Å². The minimum Gasteiger partial charge on any atom is -0.481 e. The Balaban J connectivity index is 1.74. The summed E-state index contributed by atoms with van der Waals surface area (Å²) < 4.78 is 9.13. The molecule has 0 amide bonds. The van der Waals surface area contributed by atoms with Crippen molar-refractivity contribution < 1.29 is 4.74 Å². The highest BCUT2D eigenvalue weighted by molar-refractivity contribution is 9.10. The van der Waals surface area contributed by atoms with Crippen molar-refractivity contribution >= 4 is 50.9 Å². The highest BCUT2D eigenvalue weighted by atomic mass is 79.9. The molecule has 1 aromatic heterocycles. The molecule has 3 aromatic rings. The van der Waals surface area contributed by atoms with Crippen LogP contribution in [0, 0.1) is 0 Å². The minimum absolute atomic E-state index is 0.295. The highest BCUT2D eigenvalue weighted by Crippen LogP contribution is 2.32. The van der Waals surface area contributed by atoms with E-state index in [0.717, 1.165) is 27.8 Å². The van der Waals surface area contributed by atoms with Gasteiger partial charge in [0.25, 0.3) is 0 Å². The van der Waals surface area contributed by atoms with Gasteiger partial charge in [-0.2, -0.15) is 0 Å². The predicted molar refractivity (Wildman–Crippen MR) is 115 cm³/mol. The molecule has 4 nitrogen and oxygen atoms in total. The fraction of sp³-hybridized carbons (Fsp3) is 0.263. The van der Waals surface area contributed by atoms with Crippen molar-refractivity contribution in [2.45, 2.75) is 37.4 Å². The number of hydrogen-bond donors (Lipinski definition) is 0. The van der Waals surface area contributed by atoms with Gasteiger partial charge < -0.3 is 9.30 Å². The van der Waals surface area contributed by atoms with E-state index in [1.807, 2.05) is 19.1 Å². The lowest BCUT2D eigenvalue weighted by molar-refractivity contribution is 0.210. The van der Waals surface area contributed by atoms with Gasteiger partial charge in [-0.3, -0.25) is 0 Å². The summed E-state index contributed by atoms with van der Waals surface area (Å²) in [6.45, 7) is 4.76. The van der Waals surface area contributed by atoms with Gasteiger partial charge in [0, 0.05) is 21.8 Å². The molecule has 0 N–H and O–H groups in total. The summed E-state index contributed by atoms with van der Waals surface area (Å²) in [7, 11) is 0. The Morgan fingerprint density at radius 2 is 2.00 bits per heavy atom. The van der Waals surface area contributed by atoms with Gasteiger partial charge in [0.15, 0.2) is 17.1 Å². The van der Waals surface area contributed by atoms with Crippen LogP contribution in [0.3, 0.4) is 0 Å². The maximum Gasteiger partial charge on any atom is 0.191 e. The summed E-state index contributed by atoms with van der Waals surface area (Å²) in [5.41, 5.74) is 1.22. The number of rotatable bonds is 7. The van der Waals surface area contributed by atoms with Crippen molar-refractivity contribution in [1.82, 2.24) is 14.8 Å². The van der Waals surface area contributed by atoms with E-state index >= 15 is 0 Å². The van der Waals surface area contributed by atoms with Crippen LogP contribution < -0.4 is 4.74 Å². The summed E-state index contributed by atoms with van der Waals surface area (Å²) in [6.07, 6.45) is -0.295. The third-order valence-corrected chi connectivity index (χ3v) is 5.94. The smallest absolute Gasteiger partial charge is 0.191 e. The first kappa shape index (κ1) is 20.5. The first-order valence-electron chi connectivity index (χ1n) is 8.40. The van der Waals surface area contributed by atoms with Crippen molar-refractivity contribution in [3.8, 4) is 5.75 Å². The summed E-state index contributed by atoms with van der Waals surface area (Å²) in [5, 5.41) is 10.6. The number of hydrogen-bond acceptors (Lipinski definition) is 4. The number of ether oxygens (including phenoxy) is 1. The van der Waals surface area contributed by atoms with Gasteiger partial charge in [-0.15, -0.1) is 10.2 Å². The first-order valence-corrected chi connectivity index (χ1v) is 10.9. The SMILES string of the molecule is CCn1c(SCc2cccc(Br)c2)nnc1C(C)Oc1ccc(Cl)cc1Cl. The molecule has 1 atom stereocenters. The Bertz CT molecular complexity index is 935. The topological polar surface area (TPSA) is 39.9 Å². The van der Waals surface area contributed by atoms with E-state index in [1.54, 1.807) is 30.0 Å². The number of halogens is 3. The maximum atomic E-state index is 6.21. The number of aromatic nitrogens is 3. The van der Waals surface area contributed by atoms with Gasteiger partial charge in [-0.05, 0) is 49.7 Å². The maximum absolute atomic E-state index is 6.21. The largest absolute Gasteiger partial charge is 0.481 e. The molecular weight excluding hydrogens is 469 g/mol. The minimum atomic E-state index is -0.295. The highest BCUT2D eigenvalue weighted by Gasteiger charge is 2.19. The number of benzene rings is 2. The zero-order valence-electron chi connectivity index (χ0n) is 14.8. The van der Waals surface area contributed by atoms with Crippen molar-refractivity contribution in [2.24, 2.45) is 0 Å². The summed E-state index contributed by atoms with van der Waals surface area (Å²) in [5.74, 6) is 2.15. The molecule has 0 aliphatic carbocycles. The van der Waals surface area contributed by atoms with Crippen LogP contribution in [-0.2, 0) is 12.3 Å². The van der Waals surface area contributed by atoms with Crippen molar-refractivity contribution in [3.05, 3.63) is 68.4 Å². The number of nitrogens with zero attached hydrogens (tertiary/aromatic N) is 3. The molecule has 0 aliphatic rings. The Morgan fingerprint density at radius 1 is 1.19 bits per heavy atom. The van der Waals surface area contributed by atoms with Crippen LogP contribution in [0.15, 0.2) is 52.1 Å². The second-order valence-electron chi connectivity index (χ2n) is 5.84. The van der Waals surface area contributed by atoms with Crippen LogP contribution >= 0.6 is 50.9 Å². The third-order valence-electron chi connectivity index (χ3n) is 3.88. The van der Waals surface area contributed by atoms with Crippen LogP contribution in [0.25, 0.3) is 0 Å². The Morgan fingerprint density at radius 3 is 2.70 bits per heavy atom. The lowest BCUT2D eigenvalue weighted by Crippen LogP contribution is -2.12. The summed E-state index contributed by atoms with van der Waals surface area (Å²) >= 11 is 17.3. The van der Waals surface area contributed by atoms with Crippen LogP contribution in [0.5, 0.6) is 5.75 Å². The van der Waals surface area contributed by atoms with Crippen LogP contribution in [-0.4, -0.2) is 14.8 Å². The average Bonchev–Trinajstić information content (AvgIpc) is 3.05. The molecule has 3 rings (SSSR count). The third kappa shape index (κ3) is 5.19. The van der Waals surface area contributed by atoms with Crippen molar-refractivity contribution in [1.29, 1.82) is 0 Å². The van der Waals surface area contributed by atoms with Crippen molar-refractivity contribution in [3.63, 3.8) is 0 Å². The zero-order chi connectivity index (χ0) is 19.4. The van der Waals surface area contributed by atoms with Crippen molar-refractivity contribution in [2.75, 3.05) is 0 Å². The lowest BCUT2D eigenvalue weighted by atomic mass is 10.2. The fourth-order valence-corrected chi connectivity index (χ4v) is 4.45. The quantitative estimate of drug-likeness (QED) is 0.344. The molecule has 0 spiro atoms. The second-order valence-corrected chi connectivity index (χ2v) is 8.54. The second kappa shape index (κ2) is 9.32. The molecule has 2 aromatic carbocycles. The van der Waals surface area contributed by atoms with Crippen LogP contribution in [0.2, 0.25) is 10.0 Å². The Labute approximate surface area is 181 Å². The van der Waals surface area contributed by atoms with Gasteiger partial charge in [0.1, 0.15) is 5.75 Å². The average molecular weight is 487 g/mol. The zero-order valence-corrected chi connectivity index (χ0v) is 18.7. The van der Waals surface area contributed by atoms with Gasteiger partial charge in [-0.1, -0.05) is 63.0 Å². The lowest BCUT2D eigenvalue weighted by Gasteiger charge is -2.16. The fourth-order valence-electron chi connectivity index (χ4n) is 2.59. The van der Waals surface area contributed by atoms with E-state index in [2.05, 4.69) is 49.8 Å². The molecule has 0 radical (unpaired) electrons. The van der Waals surface area contributed by atoms with Gasteiger partial charge in [0.05, 0.1) is 5.02 Å². The standard InChI is InChI=1S/C19H18BrCl2N3OS/c1-3-25-18(12(2)26-17-8-7-15(21)10-16(17)22)23-24-19(25)27-11-13-5-4-6-14(20)9-13/h4-10,12H,3,11H2,1-2H3. The molecule has 1 unspecified atom stereocenters. The summed E-state index contributed by atoms with van der Waals surface area (Å²) in [4.78, 5) is 0. The first-order chi connectivity index (χ1) is 13.0. The molecule has 1 heterocycles. The Kier molecular flexibility index (Phi) is 7.09. The molecule has 142 valence electrons. The predicted octanol–water partition coefficient (Wildman–Crippen LogP) is 6.80. The molecule has 0 fully saturated rings. The van der Waals surface area contributed by atoms with E-state index in [4.69, 9.17) is 27.9 Å². The van der Waals surface area contributed by atoms with Gasteiger partial charge in [-0.25, -0.2) is 0 Å². The van der Waals surface area contributed by atoms with E-state index in [0.29, 0.717) is 15.8 Å². The van der Waals surface area contributed by atoms with E-state index in [9.17, 15) is 0 Å². The molecule has 8 heteroatoms. The molecule has 0 saturated carbocycles. The monoisotopic (exact) mass is 485 g/mol. The molecule has 0 aliphatic heterocycles. The Hall–Kier alpha value is -1.21. The normalized spacial score (nSPS) is 12.2. The molecule has 0 bridgehead atoms. The molecule has 0 saturated heterocycles. The van der Waals surface area contributed by atoms with E-state index in [1.165, 1.54) is 5.56 Å². The molecular formula is C19H18BrCl2N3OS. The van der Waals surface area contributed by atoms with E-state index < -0.39 is 0 Å². The summed E-state index contributed by atoms with van der Waals surface area (Å²) in [6, 6.07) is 13.4. The number of thioether (sulfide) groups is 1.